The third-order valence-electron chi connectivity index (χ3n) is 4.59. The van der Waals surface area contributed by atoms with Gasteiger partial charge in [0.2, 0.25) is 0 Å². The van der Waals surface area contributed by atoms with Crippen molar-refractivity contribution in [3.05, 3.63) is 71.3 Å². The topological polar surface area (TPSA) is 0 Å². The van der Waals surface area contributed by atoms with Crippen LogP contribution in [0, 0.1) is 5.92 Å². The van der Waals surface area contributed by atoms with E-state index < -0.39 is 0 Å². The fraction of sp³-hybridized carbons (Fsp3) is 0.455. The summed E-state index contributed by atoms with van der Waals surface area (Å²) in [4.78, 5) is 0. The molecule has 0 N–H and O–H groups in total. The van der Waals surface area contributed by atoms with Crippen molar-refractivity contribution in [1.82, 2.24) is 0 Å². The molecule has 2 rings (SSSR count). The quantitative estimate of drug-likeness (QED) is 0.728. The Hall–Kier alpha value is -1.27. The molecule has 126 valence electrons. The Morgan fingerprint density at radius 2 is 1.39 bits per heavy atom. The van der Waals surface area contributed by atoms with E-state index in [1.165, 1.54) is 36.0 Å². The smallest absolute Gasteiger partial charge is 0.0159 e. The molecule has 0 heterocycles. The molecule has 2 aromatic rings. The highest BCUT2D eigenvalue weighted by atomic mass is 35.5. The average Bonchev–Trinajstić information content (AvgIpc) is 2.53. The van der Waals surface area contributed by atoms with Crippen LogP contribution in [0.1, 0.15) is 69.1 Å². The van der Waals surface area contributed by atoms with E-state index in [0.717, 1.165) is 5.92 Å². The first-order valence-electron chi connectivity index (χ1n) is 8.74. The maximum atomic E-state index is 2.36. The van der Waals surface area contributed by atoms with Gasteiger partial charge < -0.3 is 12.4 Å². The van der Waals surface area contributed by atoms with Gasteiger partial charge in [-0.1, -0.05) is 82.3 Å². The van der Waals surface area contributed by atoms with Crippen molar-refractivity contribution in [2.75, 3.05) is 0 Å². The second-order valence-corrected chi connectivity index (χ2v) is 6.99. The Morgan fingerprint density at radius 3 is 1.91 bits per heavy atom. The Balaban J connectivity index is 0.00000264. The highest BCUT2D eigenvalue weighted by Crippen LogP contribution is 2.32. The van der Waals surface area contributed by atoms with E-state index in [2.05, 4.69) is 82.3 Å². The molecule has 0 aromatic heterocycles. The molecule has 0 radical (unpaired) electrons. The number of hydrogen-bond acceptors (Lipinski definition) is 0. The van der Waals surface area contributed by atoms with Gasteiger partial charge in [0.25, 0.3) is 0 Å². The lowest BCUT2D eigenvalue weighted by atomic mass is 9.84. The van der Waals surface area contributed by atoms with E-state index in [1.54, 1.807) is 0 Å². The Bertz CT molecular complexity index is 542. The third-order valence-corrected chi connectivity index (χ3v) is 4.59. The van der Waals surface area contributed by atoms with E-state index in [4.69, 9.17) is 0 Å². The van der Waals surface area contributed by atoms with Crippen LogP contribution >= 0.6 is 0 Å². The summed E-state index contributed by atoms with van der Waals surface area (Å²) in [6.45, 7) is 9.23. The van der Waals surface area contributed by atoms with Crippen LogP contribution in [0.2, 0.25) is 0 Å². The third kappa shape index (κ3) is 6.03. The minimum Gasteiger partial charge on any atom is -1.00 e. The van der Waals surface area contributed by atoms with Crippen molar-refractivity contribution < 1.29 is 12.4 Å². The van der Waals surface area contributed by atoms with Gasteiger partial charge in [-0.05, 0) is 53.7 Å². The zero-order valence-electron chi connectivity index (χ0n) is 14.9. The zero-order valence-corrected chi connectivity index (χ0v) is 15.7. The highest BCUT2D eigenvalue weighted by molar-refractivity contribution is 5.27. The van der Waals surface area contributed by atoms with E-state index in [1.807, 2.05) is 0 Å². The van der Waals surface area contributed by atoms with Gasteiger partial charge in [-0.3, -0.25) is 0 Å². The minimum atomic E-state index is 0. The normalized spacial score (nSPS) is 13.4. The highest BCUT2D eigenvalue weighted by Gasteiger charge is 2.15. The van der Waals surface area contributed by atoms with Crippen LogP contribution < -0.4 is 12.4 Å². The molecule has 0 saturated carbocycles. The summed E-state index contributed by atoms with van der Waals surface area (Å²) in [7, 11) is 0. The molecular weight excluding hydrogens is 300 g/mol. The van der Waals surface area contributed by atoms with Gasteiger partial charge in [-0.2, -0.15) is 0 Å². The first-order chi connectivity index (χ1) is 10.6. The lowest BCUT2D eigenvalue weighted by Gasteiger charge is -2.21. The Kier molecular flexibility index (Phi) is 8.41. The first kappa shape index (κ1) is 19.8. The Morgan fingerprint density at radius 1 is 0.783 bits per heavy atom. The maximum absolute atomic E-state index is 2.36. The maximum Gasteiger partial charge on any atom is -0.0159 e. The van der Waals surface area contributed by atoms with Gasteiger partial charge in [-0.15, -0.1) is 0 Å². The van der Waals surface area contributed by atoms with Crippen LogP contribution in [0.4, 0.5) is 0 Å². The van der Waals surface area contributed by atoms with Crippen LogP contribution in [0.5, 0.6) is 0 Å². The molecule has 0 saturated heterocycles. The Labute approximate surface area is 148 Å². The van der Waals surface area contributed by atoms with Gasteiger partial charge >= 0.3 is 0 Å². The molecule has 0 aliphatic rings. The van der Waals surface area contributed by atoms with Crippen molar-refractivity contribution in [3.8, 4) is 0 Å². The molecule has 0 aliphatic carbocycles. The summed E-state index contributed by atoms with van der Waals surface area (Å²) in [6.07, 6.45) is 3.61. The first-order valence-corrected chi connectivity index (χ1v) is 8.74. The zero-order chi connectivity index (χ0) is 15.9. The second kappa shape index (κ2) is 9.78. The standard InChI is InChI=1S/C22H30.ClH/c1-5-20(22-9-7-6-8-10-22)16-18(4)21-13-11-19(12-14-21)15-17(2)3;/h6-14,17-18,20H,5,15-16H2,1-4H3;1H/p-1. The van der Waals surface area contributed by atoms with Crippen molar-refractivity contribution in [2.45, 2.75) is 58.8 Å². The van der Waals surface area contributed by atoms with Crippen LogP contribution in [-0.2, 0) is 6.42 Å². The molecule has 23 heavy (non-hydrogen) atoms. The summed E-state index contributed by atoms with van der Waals surface area (Å²) in [5.74, 6) is 2.00. The molecule has 0 bridgehead atoms. The molecule has 1 heteroatoms. The van der Waals surface area contributed by atoms with E-state index in [-0.39, 0.29) is 12.4 Å². The van der Waals surface area contributed by atoms with Crippen molar-refractivity contribution in [3.63, 3.8) is 0 Å². The van der Waals surface area contributed by atoms with E-state index >= 15 is 0 Å². The molecule has 0 spiro atoms. The summed E-state index contributed by atoms with van der Waals surface area (Å²) < 4.78 is 0. The summed E-state index contributed by atoms with van der Waals surface area (Å²) in [6, 6.07) is 20.3. The van der Waals surface area contributed by atoms with Crippen molar-refractivity contribution in [1.29, 1.82) is 0 Å². The average molecular weight is 330 g/mol. The fourth-order valence-corrected chi connectivity index (χ4v) is 3.28. The molecule has 2 unspecified atom stereocenters. The predicted molar refractivity (Wildman–Crippen MR) is 97.5 cm³/mol. The lowest BCUT2D eigenvalue weighted by molar-refractivity contribution is -0.00000488. The number of benzene rings is 2. The largest absolute Gasteiger partial charge is 1.00 e. The summed E-state index contributed by atoms with van der Waals surface area (Å²) in [5.41, 5.74) is 4.41. The predicted octanol–water partition coefficient (Wildman–Crippen LogP) is 3.58. The summed E-state index contributed by atoms with van der Waals surface area (Å²) >= 11 is 0. The van der Waals surface area contributed by atoms with Gasteiger partial charge in [-0.25, -0.2) is 0 Å². The fourth-order valence-electron chi connectivity index (χ4n) is 3.28. The summed E-state index contributed by atoms with van der Waals surface area (Å²) in [5, 5.41) is 0. The molecule has 2 atom stereocenters. The van der Waals surface area contributed by atoms with E-state index in [0.29, 0.717) is 11.8 Å². The van der Waals surface area contributed by atoms with Crippen LogP contribution in [0.3, 0.4) is 0 Å². The number of rotatable bonds is 7. The monoisotopic (exact) mass is 329 g/mol. The van der Waals surface area contributed by atoms with Crippen LogP contribution in [0.15, 0.2) is 54.6 Å². The van der Waals surface area contributed by atoms with Crippen molar-refractivity contribution in [2.24, 2.45) is 5.92 Å². The number of hydrogen-bond donors (Lipinski definition) is 0. The van der Waals surface area contributed by atoms with Crippen LogP contribution in [0.25, 0.3) is 0 Å². The molecular formula is C22H30Cl-. The molecule has 0 aliphatic heterocycles. The number of halogens is 1. The van der Waals surface area contributed by atoms with Gasteiger partial charge in [0.1, 0.15) is 0 Å². The molecule has 0 fully saturated rings. The molecule has 0 nitrogen and oxygen atoms in total. The van der Waals surface area contributed by atoms with Gasteiger partial charge in [0.15, 0.2) is 0 Å². The lowest BCUT2D eigenvalue weighted by Crippen LogP contribution is -3.00. The molecule has 0 amide bonds. The van der Waals surface area contributed by atoms with Gasteiger partial charge in [0, 0.05) is 0 Å². The second-order valence-electron chi connectivity index (χ2n) is 6.99. The SMILES string of the molecule is CCC(CC(C)c1ccc(CC(C)C)cc1)c1ccccc1.[Cl-]. The van der Waals surface area contributed by atoms with E-state index in [9.17, 15) is 0 Å². The van der Waals surface area contributed by atoms with Crippen LogP contribution in [-0.4, -0.2) is 0 Å². The minimum absolute atomic E-state index is 0. The van der Waals surface area contributed by atoms with Crippen molar-refractivity contribution >= 4 is 0 Å². The molecule has 2 aromatic carbocycles. The van der Waals surface area contributed by atoms with Gasteiger partial charge in [0.05, 0.1) is 0 Å².